The minimum atomic E-state index is -3.11. The first-order valence-electron chi connectivity index (χ1n) is 8.92. The third-order valence-electron chi connectivity index (χ3n) is 5.23. The molecule has 2 atom stereocenters. The van der Waals surface area contributed by atoms with Gasteiger partial charge in [0.05, 0.1) is 23.5 Å². The Morgan fingerprint density at radius 3 is 2.83 bits per heavy atom. The van der Waals surface area contributed by atoms with Gasteiger partial charge in [0.25, 0.3) is 11.8 Å². The van der Waals surface area contributed by atoms with Crippen LogP contribution < -0.4 is 16.4 Å². The van der Waals surface area contributed by atoms with Crippen molar-refractivity contribution in [1.29, 1.82) is 0 Å². The molecule has 2 aromatic rings. The van der Waals surface area contributed by atoms with E-state index < -0.39 is 36.3 Å². The number of fused-ring (bicyclic) bond motifs is 1. The molecule has 29 heavy (non-hydrogen) atoms. The topological polar surface area (TPSA) is 97.9 Å². The van der Waals surface area contributed by atoms with Crippen LogP contribution >= 0.6 is 0 Å². The van der Waals surface area contributed by atoms with Crippen molar-refractivity contribution in [3.8, 4) is 11.3 Å². The summed E-state index contributed by atoms with van der Waals surface area (Å²) >= 11 is 0. The zero-order valence-corrected chi connectivity index (χ0v) is 14.9. The highest BCUT2D eigenvalue weighted by molar-refractivity contribution is 6.04. The number of hydrogen-bond donors (Lipinski definition) is 3. The Balaban J connectivity index is 1.76. The average Bonchev–Trinajstić information content (AvgIpc) is 3.29. The molecule has 1 saturated carbocycles. The number of nitrogens with one attached hydrogen (secondary N) is 2. The summed E-state index contributed by atoms with van der Waals surface area (Å²) in [5.41, 5.74) is 5.53. The number of amides is 1. The van der Waals surface area contributed by atoms with E-state index in [2.05, 4.69) is 20.7 Å². The SMILES string of the molecule is NC1C(Nc2nc(-c3cnn(C(F)F)c3)c3c(c2F)CNC3=O)CCCC1(F)F. The molecule has 0 radical (unpaired) electrons. The Morgan fingerprint density at radius 1 is 1.38 bits per heavy atom. The Labute approximate surface area is 161 Å². The monoisotopic (exact) mass is 416 g/mol. The fourth-order valence-electron chi connectivity index (χ4n) is 3.69. The molecule has 2 aliphatic rings. The van der Waals surface area contributed by atoms with Gasteiger partial charge in [-0.25, -0.2) is 22.8 Å². The Hall–Kier alpha value is -2.76. The Morgan fingerprint density at radius 2 is 2.14 bits per heavy atom. The second-order valence-electron chi connectivity index (χ2n) is 7.08. The van der Waals surface area contributed by atoms with E-state index in [4.69, 9.17) is 5.73 Å². The van der Waals surface area contributed by atoms with Crippen molar-refractivity contribution in [3.05, 3.63) is 29.3 Å². The first-order valence-corrected chi connectivity index (χ1v) is 8.92. The molecule has 0 saturated heterocycles. The second-order valence-corrected chi connectivity index (χ2v) is 7.08. The number of nitrogens with two attached hydrogens (primary N) is 1. The molecule has 4 N–H and O–H groups in total. The van der Waals surface area contributed by atoms with Gasteiger partial charge >= 0.3 is 6.55 Å². The summed E-state index contributed by atoms with van der Waals surface area (Å²) in [6.45, 7) is -3.05. The van der Waals surface area contributed by atoms with E-state index in [1.807, 2.05) is 0 Å². The number of carbonyl (C=O) groups is 1. The summed E-state index contributed by atoms with van der Waals surface area (Å²) in [6, 6.07) is -2.49. The Bertz CT molecular complexity index is 962. The van der Waals surface area contributed by atoms with Gasteiger partial charge in [-0.15, -0.1) is 0 Å². The third kappa shape index (κ3) is 3.30. The van der Waals surface area contributed by atoms with Crippen LogP contribution in [0.2, 0.25) is 0 Å². The summed E-state index contributed by atoms with van der Waals surface area (Å²) in [7, 11) is 0. The summed E-state index contributed by atoms with van der Waals surface area (Å²) in [6.07, 6.45) is 2.16. The van der Waals surface area contributed by atoms with Crippen LogP contribution in [0.25, 0.3) is 11.3 Å². The van der Waals surface area contributed by atoms with Crippen molar-refractivity contribution >= 4 is 11.7 Å². The molecular formula is C17H17F5N6O. The molecule has 4 rings (SSSR count). The smallest absolute Gasteiger partial charge is 0.333 e. The van der Waals surface area contributed by atoms with E-state index in [0.717, 1.165) is 12.4 Å². The lowest BCUT2D eigenvalue weighted by molar-refractivity contribution is -0.0555. The molecule has 3 heterocycles. The average molecular weight is 416 g/mol. The van der Waals surface area contributed by atoms with Gasteiger partial charge in [0.1, 0.15) is 0 Å². The van der Waals surface area contributed by atoms with Gasteiger partial charge in [-0.2, -0.15) is 13.9 Å². The molecular weight excluding hydrogens is 399 g/mol. The largest absolute Gasteiger partial charge is 0.363 e. The molecule has 2 aromatic heterocycles. The predicted octanol–water partition coefficient (Wildman–Crippen LogP) is 2.65. The van der Waals surface area contributed by atoms with Gasteiger partial charge < -0.3 is 16.4 Å². The van der Waals surface area contributed by atoms with Gasteiger partial charge in [-0.1, -0.05) is 0 Å². The zero-order valence-electron chi connectivity index (χ0n) is 14.9. The predicted molar refractivity (Wildman–Crippen MR) is 92.0 cm³/mol. The van der Waals surface area contributed by atoms with Gasteiger partial charge in [0, 0.05) is 36.3 Å². The van der Waals surface area contributed by atoms with Crippen molar-refractivity contribution in [2.75, 3.05) is 5.32 Å². The summed E-state index contributed by atoms with van der Waals surface area (Å²) in [5.74, 6) is -4.96. The lowest BCUT2D eigenvalue weighted by atomic mass is 9.87. The van der Waals surface area contributed by atoms with Crippen molar-refractivity contribution < 1.29 is 26.7 Å². The lowest BCUT2D eigenvalue weighted by Gasteiger charge is -2.36. The number of rotatable bonds is 4. The van der Waals surface area contributed by atoms with Crippen molar-refractivity contribution in [3.63, 3.8) is 0 Å². The first-order chi connectivity index (χ1) is 13.7. The number of hydrogen-bond acceptors (Lipinski definition) is 5. The molecule has 156 valence electrons. The minimum absolute atomic E-state index is 0.0246. The van der Waals surface area contributed by atoms with Crippen molar-refractivity contribution in [1.82, 2.24) is 20.1 Å². The normalized spacial score (nSPS) is 23.2. The van der Waals surface area contributed by atoms with Gasteiger partial charge in [-0.05, 0) is 12.8 Å². The van der Waals surface area contributed by atoms with Crippen LogP contribution in [0.1, 0.15) is 41.7 Å². The quantitative estimate of drug-likeness (QED) is 0.666. The van der Waals surface area contributed by atoms with Gasteiger partial charge in [0.2, 0.25) is 0 Å². The standard InChI is InChI=1S/C17H17F5N6O/c18-11-8-5-24-15(29)10(8)12(7-4-25-28(6-7)16(19)20)27-14(11)26-9-2-1-3-17(21,22)13(9)23/h4,6,9,13,16H,1-3,5,23H2,(H,24,29)(H,26,27). The van der Waals surface area contributed by atoms with Crippen LogP contribution in [0.5, 0.6) is 0 Å². The van der Waals surface area contributed by atoms with Crippen LogP contribution in [-0.4, -0.2) is 38.7 Å². The molecule has 0 spiro atoms. The zero-order chi connectivity index (χ0) is 20.9. The van der Waals surface area contributed by atoms with Crippen LogP contribution in [0, 0.1) is 5.82 Å². The van der Waals surface area contributed by atoms with Crippen molar-refractivity contribution in [2.45, 2.75) is 50.4 Å². The van der Waals surface area contributed by atoms with Gasteiger partial charge in [-0.3, -0.25) is 4.79 Å². The number of nitrogens with zero attached hydrogens (tertiary/aromatic N) is 3. The fraction of sp³-hybridized carbons (Fsp3) is 0.471. The highest BCUT2D eigenvalue weighted by atomic mass is 19.3. The van der Waals surface area contributed by atoms with Gasteiger partial charge in [0.15, 0.2) is 11.6 Å². The molecule has 0 aromatic carbocycles. The molecule has 1 aliphatic heterocycles. The van der Waals surface area contributed by atoms with Crippen LogP contribution in [0.3, 0.4) is 0 Å². The molecule has 12 heteroatoms. The van der Waals surface area contributed by atoms with E-state index in [-0.39, 0.29) is 54.0 Å². The van der Waals surface area contributed by atoms with Crippen LogP contribution in [-0.2, 0) is 6.54 Å². The summed E-state index contributed by atoms with van der Waals surface area (Å²) in [5, 5.41) is 8.59. The van der Waals surface area contributed by atoms with E-state index >= 15 is 0 Å². The maximum Gasteiger partial charge on any atom is 0.333 e. The van der Waals surface area contributed by atoms with Crippen LogP contribution in [0.15, 0.2) is 12.4 Å². The number of pyridine rings is 1. The number of alkyl halides is 4. The number of anilines is 1. The number of halogens is 5. The lowest BCUT2D eigenvalue weighted by Crippen LogP contribution is -2.55. The molecule has 2 unspecified atom stereocenters. The minimum Gasteiger partial charge on any atom is -0.363 e. The van der Waals surface area contributed by atoms with E-state index in [9.17, 15) is 26.7 Å². The molecule has 1 fully saturated rings. The van der Waals surface area contributed by atoms with E-state index in [1.54, 1.807) is 0 Å². The Kier molecular flexibility index (Phi) is 4.68. The maximum absolute atomic E-state index is 15.0. The second kappa shape index (κ2) is 6.94. The highest BCUT2D eigenvalue weighted by Gasteiger charge is 2.45. The van der Waals surface area contributed by atoms with Crippen molar-refractivity contribution in [2.24, 2.45) is 5.73 Å². The number of carbonyl (C=O) groups excluding carboxylic acids is 1. The molecule has 0 bridgehead atoms. The highest BCUT2D eigenvalue weighted by Crippen LogP contribution is 2.36. The number of aromatic nitrogens is 3. The van der Waals surface area contributed by atoms with Crippen LogP contribution in [0.4, 0.5) is 27.8 Å². The first kappa shape index (κ1) is 19.6. The summed E-state index contributed by atoms with van der Waals surface area (Å²) < 4.78 is 68.9. The molecule has 7 nitrogen and oxygen atoms in total. The third-order valence-corrected chi connectivity index (χ3v) is 5.23. The van der Waals surface area contributed by atoms with E-state index in [1.165, 1.54) is 0 Å². The maximum atomic E-state index is 15.0. The fourth-order valence-corrected chi connectivity index (χ4v) is 3.69. The van der Waals surface area contributed by atoms with E-state index in [0.29, 0.717) is 4.68 Å². The molecule has 1 aliphatic carbocycles. The summed E-state index contributed by atoms with van der Waals surface area (Å²) in [4.78, 5) is 16.2. The molecule has 1 amide bonds.